The van der Waals surface area contributed by atoms with E-state index in [1.807, 2.05) is 68.1 Å². The predicted octanol–water partition coefficient (Wildman–Crippen LogP) is 2.94. The van der Waals surface area contributed by atoms with Crippen LogP contribution in [0.3, 0.4) is 0 Å². The molecule has 29 heavy (non-hydrogen) atoms. The summed E-state index contributed by atoms with van der Waals surface area (Å²) in [5, 5.41) is 16.1. The third-order valence-corrected chi connectivity index (χ3v) is 5.06. The highest BCUT2D eigenvalue weighted by Crippen LogP contribution is 2.16. The van der Waals surface area contributed by atoms with Crippen LogP contribution in [-0.2, 0) is 0 Å². The number of piperazine rings is 1. The maximum absolute atomic E-state index is 12.5. The second kappa shape index (κ2) is 7.90. The van der Waals surface area contributed by atoms with Gasteiger partial charge in [0.05, 0.1) is 5.69 Å². The van der Waals surface area contributed by atoms with E-state index >= 15 is 0 Å². The highest BCUT2D eigenvalue weighted by Gasteiger charge is 2.22. The van der Waals surface area contributed by atoms with Gasteiger partial charge in [-0.05, 0) is 51.1 Å². The molecule has 1 aliphatic heterocycles. The van der Waals surface area contributed by atoms with E-state index in [1.165, 1.54) is 5.56 Å². The van der Waals surface area contributed by atoms with Gasteiger partial charge >= 0.3 is 6.03 Å². The predicted molar refractivity (Wildman–Crippen MR) is 113 cm³/mol. The summed E-state index contributed by atoms with van der Waals surface area (Å²) in [6, 6.07) is 13.6. The van der Waals surface area contributed by atoms with Gasteiger partial charge < -0.3 is 15.1 Å². The minimum absolute atomic E-state index is 0.0699. The molecule has 8 heteroatoms. The van der Waals surface area contributed by atoms with Crippen molar-refractivity contribution in [3.8, 4) is 5.82 Å². The monoisotopic (exact) mass is 391 g/mol. The first-order valence-corrected chi connectivity index (χ1v) is 9.74. The van der Waals surface area contributed by atoms with Crippen LogP contribution in [0.25, 0.3) is 5.82 Å². The fraction of sp³-hybridized carbons (Fsp3) is 0.333. The molecule has 2 amide bonds. The molecule has 1 aliphatic rings. The number of urea groups is 1. The number of hydrogen-bond donors (Lipinski definition) is 1. The molecule has 1 N–H and O–H groups in total. The van der Waals surface area contributed by atoms with Crippen LogP contribution >= 0.6 is 0 Å². The molecule has 2 aromatic heterocycles. The molecular weight excluding hydrogens is 366 g/mol. The number of amides is 2. The number of nitrogens with zero attached hydrogens (tertiary/aromatic N) is 6. The van der Waals surface area contributed by atoms with Crippen LogP contribution in [0.1, 0.15) is 17.0 Å². The van der Waals surface area contributed by atoms with Crippen LogP contribution in [-0.4, -0.2) is 57.1 Å². The van der Waals surface area contributed by atoms with Crippen molar-refractivity contribution in [1.29, 1.82) is 0 Å². The molecule has 0 atom stereocenters. The number of aromatic nitrogens is 4. The van der Waals surface area contributed by atoms with Crippen LogP contribution < -0.4 is 10.2 Å². The summed E-state index contributed by atoms with van der Waals surface area (Å²) in [5.74, 6) is 1.52. The Kier molecular flexibility index (Phi) is 5.16. The summed E-state index contributed by atoms with van der Waals surface area (Å²) in [6.07, 6.45) is 0. The Hall–Kier alpha value is -3.42. The number of carbonyl (C=O) groups is 1. The van der Waals surface area contributed by atoms with Gasteiger partial charge in [0.2, 0.25) is 0 Å². The maximum Gasteiger partial charge on any atom is 0.321 e. The Morgan fingerprint density at radius 1 is 0.897 bits per heavy atom. The molecule has 8 nitrogen and oxygen atoms in total. The zero-order chi connectivity index (χ0) is 20.4. The van der Waals surface area contributed by atoms with Crippen LogP contribution in [0, 0.1) is 20.8 Å². The van der Waals surface area contributed by atoms with E-state index in [4.69, 9.17) is 0 Å². The maximum atomic E-state index is 12.5. The molecule has 0 bridgehead atoms. The largest absolute Gasteiger partial charge is 0.352 e. The molecule has 0 aliphatic carbocycles. The van der Waals surface area contributed by atoms with Crippen molar-refractivity contribution >= 4 is 17.5 Å². The van der Waals surface area contributed by atoms with E-state index in [1.54, 1.807) is 4.68 Å². The zero-order valence-electron chi connectivity index (χ0n) is 17.0. The average Bonchev–Trinajstić information content (AvgIpc) is 3.08. The smallest absolute Gasteiger partial charge is 0.321 e. The minimum atomic E-state index is -0.0699. The van der Waals surface area contributed by atoms with Crippen molar-refractivity contribution in [3.05, 3.63) is 59.4 Å². The van der Waals surface area contributed by atoms with E-state index in [9.17, 15) is 4.79 Å². The van der Waals surface area contributed by atoms with E-state index < -0.39 is 0 Å². The standard InChI is InChI=1S/C21H25N7O/c1-15-4-6-18(7-5-15)22-21(29)27-12-10-26(11-13-27)19-8-9-20(24-23-19)28-17(3)14-16(2)25-28/h4-9,14H,10-13H2,1-3H3,(H,22,29). The molecule has 3 heterocycles. The summed E-state index contributed by atoms with van der Waals surface area (Å²) in [7, 11) is 0. The molecular formula is C21H25N7O. The Bertz CT molecular complexity index is 987. The Balaban J connectivity index is 1.35. The van der Waals surface area contributed by atoms with Gasteiger partial charge in [-0.2, -0.15) is 5.10 Å². The minimum Gasteiger partial charge on any atom is -0.352 e. The quantitative estimate of drug-likeness (QED) is 0.743. The van der Waals surface area contributed by atoms with Gasteiger partial charge in [-0.1, -0.05) is 17.7 Å². The lowest BCUT2D eigenvalue weighted by atomic mass is 10.2. The summed E-state index contributed by atoms with van der Waals surface area (Å²) in [4.78, 5) is 16.5. The highest BCUT2D eigenvalue weighted by molar-refractivity contribution is 5.89. The number of anilines is 2. The summed E-state index contributed by atoms with van der Waals surface area (Å²) in [6.45, 7) is 8.69. The summed E-state index contributed by atoms with van der Waals surface area (Å²) < 4.78 is 1.79. The van der Waals surface area contributed by atoms with Gasteiger partial charge in [0.25, 0.3) is 0 Å². The first kappa shape index (κ1) is 18.9. The number of rotatable bonds is 3. The third kappa shape index (κ3) is 4.21. The summed E-state index contributed by atoms with van der Waals surface area (Å²) in [5.41, 5.74) is 3.96. The van der Waals surface area contributed by atoms with Gasteiger partial charge in [-0.25, -0.2) is 9.48 Å². The molecule has 1 aromatic carbocycles. The second-order valence-corrected chi connectivity index (χ2v) is 7.36. The van der Waals surface area contributed by atoms with Crippen molar-refractivity contribution in [2.24, 2.45) is 0 Å². The normalized spacial score (nSPS) is 14.2. The first-order valence-electron chi connectivity index (χ1n) is 9.74. The number of carbonyl (C=O) groups excluding carboxylic acids is 1. The molecule has 0 radical (unpaired) electrons. The van der Waals surface area contributed by atoms with Crippen molar-refractivity contribution in [3.63, 3.8) is 0 Å². The van der Waals surface area contributed by atoms with Gasteiger partial charge in [0.1, 0.15) is 0 Å². The third-order valence-electron chi connectivity index (χ3n) is 5.06. The number of nitrogens with one attached hydrogen (secondary N) is 1. The van der Waals surface area contributed by atoms with Crippen molar-refractivity contribution < 1.29 is 4.79 Å². The number of aryl methyl sites for hydroxylation is 3. The van der Waals surface area contributed by atoms with Crippen LogP contribution in [0.2, 0.25) is 0 Å². The van der Waals surface area contributed by atoms with Crippen LogP contribution in [0.5, 0.6) is 0 Å². The summed E-state index contributed by atoms with van der Waals surface area (Å²) >= 11 is 0. The number of hydrogen-bond acceptors (Lipinski definition) is 5. The van der Waals surface area contributed by atoms with Gasteiger partial charge in [-0.15, -0.1) is 10.2 Å². The van der Waals surface area contributed by atoms with Crippen LogP contribution in [0.15, 0.2) is 42.5 Å². The van der Waals surface area contributed by atoms with Crippen LogP contribution in [0.4, 0.5) is 16.3 Å². The fourth-order valence-electron chi connectivity index (χ4n) is 3.44. The van der Waals surface area contributed by atoms with E-state index in [0.29, 0.717) is 18.9 Å². The Morgan fingerprint density at radius 3 is 2.14 bits per heavy atom. The molecule has 0 saturated carbocycles. The lowest BCUT2D eigenvalue weighted by Gasteiger charge is -2.35. The molecule has 0 unspecified atom stereocenters. The molecule has 1 saturated heterocycles. The second-order valence-electron chi connectivity index (χ2n) is 7.36. The first-order chi connectivity index (χ1) is 14.0. The number of benzene rings is 1. The topological polar surface area (TPSA) is 79.2 Å². The molecule has 150 valence electrons. The molecule has 0 spiro atoms. The molecule has 3 aromatic rings. The molecule has 1 fully saturated rings. The SMILES string of the molecule is Cc1ccc(NC(=O)N2CCN(c3ccc(-n4nc(C)cc4C)nn3)CC2)cc1. The lowest BCUT2D eigenvalue weighted by molar-refractivity contribution is 0.208. The van der Waals surface area contributed by atoms with Crippen molar-refractivity contribution in [2.45, 2.75) is 20.8 Å². The molecule has 4 rings (SSSR count). The fourth-order valence-corrected chi connectivity index (χ4v) is 3.44. The van der Waals surface area contributed by atoms with E-state index in [-0.39, 0.29) is 6.03 Å². The van der Waals surface area contributed by atoms with Gasteiger partial charge in [-0.3, -0.25) is 0 Å². The van der Waals surface area contributed by atoms with Gasteiger partial charge in [0, 0.05) is 37.6 Å². The van der Waals surface area contributed by atoms with Gasteiger partial charge in [0.15, 0.2) is 11.6 Å². The Morgan fingerprint density at radius 2 is 1.55 bits per heavy atom. The zero-order valence-corrected chi connectivity index (χ0v) is 17.0. The lowest BCUT2D eigenvalue weighted by Crippen LogP contribution is -2.50. The Labute approximate surface area is 170 Å². The average molecular weight is 391 g/mol. The highest BCUT2D eigenvalue weighted by atomic mass is 16.2. The van der Waals surface area contributed by atoms with Crippen molar-refractivity contribution in [1.82, 2.24) is 24.9 Å². The van der Waals surface area contributed by atoms with E-state index in [2.05, 4.69) is 25.5 Å². The van der Waals surface area contributed by atoms with Crippen molar-refractivity contribution in [2.75, 3.05) is 36.4 Å². The van der Waals surface area contributed by atoms with E-state index in [0.717, 1.165) is 36.0 Å².